The van der Waals surface area contributed by atoms with Crippen molar-refractivity contribution in [3.05, 3.63) is 74.8 Å². The van der Waals surface area contributed by atoms with Gasteiger partial charge in [-0.15, -0.1) is 0 Å². The molecule has 1 aromatic heterocycles. The van der Waals surface area contributed by atoms with Crippen LogP contribution in [0.3, 0.4) is 0 Å². The number of aliphatic hydroxyl groups excluding tert-OH is 1. The third kappa shape index (κ3) is 5.42. The van der Waals surface area contributed by atoms with E-state index in [4.69, 9.17) is 4.74 Å². The van der Waals surface area contributed by atoms with Crippen LogP contribution in [0.5, 0.6) is 0 Å². The Morgan fingerprint density at radius 2 is 1.68 bits per heavy atom. The predicted molar refractivity (Wildman–Crippen MR) is 138 cm³/mol. The molecule has 2 N–H and O–H groups in total. The van der Waals surface area contributed by atoms with Gasteiger partial charge in [0.2, 0.25) is 5.43 Å². The third-order valence-electron chi connectivity index (χ3n) is 7.07. The van der Waals surface area contributed by atoms with E-state index in [9.17, 15) is 33.0 Å². The minimum atomic E-state index is -1.40. The van der Waals surface area contributed by atoms with Crippen LogP contribution in [0.1, 0.15) is 48.3 Å². The summed E-state index contributed by atoms with van der Waals surface area (Å²) in [7, 11) is 0. The minimum Gasteiger partial charge on any atom is -0.477 e. The van der Waals surface area contributed by atoms with E-state index in [0.717, 1.165) is 0 Å². The molecule has 1 atom stereocenters. The van der Waals surface area contributed by atoms with Crippen molar-refractivity contribution in [2.75, 3.05) is 37.8 Å². The smallest absolute Gasteiger partial charge is 0.341 e. The summed E-state index contributed by atoms with van der Waals surface area (Å²) >= 11 is 0. The van der Waals surface area contributed by atoms with Crippen LogP contribution >= 0.6 is 0 Å². The molecular weight excluding hydrogens is 501 g/mol. The Balaban J connectivity index is 1.95. The van der Waals surface area contributed by atoms with Crippen molar-refractivity contribution < 1.29 is 32.9 Å². The first-order valence-corrected chi connectivity index (χ1v) is 12.4. The van der Waals surface area contributed by atoms with Crippen molar-refractivity contribution in [2.45, 2.75) is 39.7 Å². The van der Waals surface area contributed by atoms with Gasteiger partial charge in [-0.2, -0.15) is 0 Å². The lowest BCUT2D eigenvalue weighted by atomic mass is 9.86. The largest absolute Gasteiger partial charge is 0.477 e. The average Bonchev–Trinajstić information content (AvgIpc) is 2.84. The summed E-state index contributed by atoms with van der Waals surface area (Å²) in [6, 6.07) is 4.05. The number of rotatable bonds is 7. The molecule has 0 unspecified atom stereocenters. The highest BCUT2D eigenvalue weighted by Gasteiger charge is 2.29. The SMILES string of the molecule is CC(C)(C)[C@@H](CO)n1cc(C(=O)O)c(=O)c2cc(CCc3c(F)cc(F)cc3F)c(N3CCOCC3)cc21. The second-order valence-corrected chi connectivity index (χ2v) is 10.6. The number of nitrogens with zero attached hydrogens (tertiary/aromatic N) is 2. The van der Waals surface area contributed by atoms with Crippen LogP contribution in [0, 0.1) is 22.9 Å². The number of aliphatic hydroxyl groups is 1. The third-order valence-corrected chi connectivity index (χ3v) is 7.07. The van der Waals surface area contributed by atoms with Crippen LogP contribution in [-0.2, 0) is 17.6 Å². The lowest BCUT2D eigenvalue weighted by Gasteiger charge is -2.34. The van der Waals surface area contributed by atoms with Gasteiger partial charge in [0.25, 0.3) is 0 Å². The lowest BCUT2D eigenvalue weighted by molar-refractivity contribution is 0.0692. The van der Waals surface area contributed by atoms with Crippen LogP contribution in [0.2, 0.25) is 0 Å². The van der Waals surface area contributed by atoms with E-state index >= 15 is 0 Å². The number of ether oxygens (including phenoxy) is 1. The number of hydrogen-bond acceptors (Lipinski definition) is 5. The molecule has 3 aromatic rings. The summed E-state index contributed by atoms with van der Waals surface area (Å²) < 4.78 is 49.3. The number of halogens is 3. The highest BCUT2D eigenvalue weighted by atomic mass is 19.1. The van der Waals surface area contributed by atoms with E-state index in [1.165, 1.54) is 6.20 Å². The molecular formula is C28H31F3N2O5. The van der Waals surface area contributed by atoms with Crippen LogP contribution < -0.4 is 10.3 Å². The first kappa shape index (κ1) is 27.7. The molecule has 0 aliphatic carbocycles. The molecule has 0 saturated carbocycles. The van der Waals surface area contributed by atoms with E-state index in [1.54, 1.807) is 16.7 Å². The summed E-state index contributed by atoms with van der Waals surface area (Å²) in [4.78, 5) is 27.3. The maximum absolute atomic E-state index is 14.4. The van der Waals surface area contributed by atoms with Gasteiger partial charge < -0.3 is 24.4 Å². The van der Waals surface area contributed by atoms with Gasteiger partial charge in [-0.1, -0.05) is 20.8 Å². The summed E-state index contributed by atoms with van der Waals surface area (Å²) in [6.07, 6.45) is 1.28. The van der Waals surface area contributed by atoms with E-state index in [0.29, 0.717) is 55.2 Å². The van der Waals surface area contributed by atoms with E-state index in [-0.39, 0.29) is 30.4 Å². The number of pyridine rings is 1. The van der Waals surface area contributed by atoms with Gasteiger partial charge in [-0.25, -0.2) is 18.0 Å². The molecule has 1 fully saturated rings. The van der Waals surface area contributed by atoms with Gasteiger partial charge in [0.05, 0.1) is 31.4 Å². The Hall–Kier alpha value is -3.37. The molecule has 0 spiro atoms. The number of morpholine rings is 1. The first-order chi connectivity index (χ1) is 17.9. The normalized spacial score (nSPS) is 15.2. The molecule has 1 aliphatic heterocycles. The van der Waals surface area contributed by atoms with Crippen molar-refractivity contribution in [1.29, 1.82) is 0 Å². The van der Waals surface area contributed by atoms with Crippen LogP contribution in [0.15, 0.2) is 35.3 Å². The molecule has 10 heteroatoms. The maximum Gasteiger partial charge on any atom is 0.341 e. The van der Waals surface area contributed by atoms with Crippen molar-refractivity contribution in [3.63, 3.8) is 0 Å². The van der Waals surface area contributed by atoms with E-state index in [1.807, 2.05) is 25.7 Å². The van der Waals surface area contributed by atoms with Crippen molar-refractivity contribution in [2.24, 2.45) is 5.41 Å². The molecule has 204 valence electrons. The summed E-state index contributed by atoms with van der Waals surface area (Å²) in [5.41, 5.74) is -0.149. The fourth-order valence-corrected chi connectivity index (χ4v) is 4.99. The highest BCUT2D eigenvalue weighted by molar-refractivity contribution is 5.94. The Labute approximate surface area is 218 Å². The number of carboxylic acid groups (broad SMARTS) is 1. The van der Waals surface area contributed by atoms with Crippen LogP contribution in [0.25, 0.3) is 10.9 Å². The molecule has 1 saturated heterocycles. The number of aromatic nitrogens is 1. The van der Waals surface area contributed by atoms with Crippen LogP contribution in [-0.4, -0.2) is 53.7 Å². The number of hydrogen-bond donors (Lipinski definition) is 2. The molecule has 38 heavy (non-hydrogen) atoms. The monoisotopic (exact) mass is 532 g/mol. The van der Waals surface area contributed by atoms with Crippen molar-refractivity contribution >= 4 is 22.6 Å². The maximum atomic E-state index is 14.4. The van der Waals surface area contributed by atoms with Gasteiger partial charge >= 0.3 is 5.97 Å². The number of anilines is 1. The Kier molecular flexibility index (Phi) is 7.85. The van der Waals surface area contributed by atoms with Crippen molar-refractivity contribution in [3.8, 4) is 0 Å². The topological polar surface area (TPSA) is 92.0 Å². The zero-order chi connectivity index (χ0) is 27.8. The fourth-order valence-electron chi connectivity index (χ4n) is 4.99. The summed E-state index contributed by atoms with van der Waals surface area (Å²) in [5, 5.41) is 20.1. The van der Waals surface area contributed by atoms with E-state index < -0.39 is 45.9 Å². The number of benzene rings is 2. The van der Waals surface area contributed by atoms with Gasteiger partial charge in [0.15, 0.2) is 0 Å². The zero-order valence-electron chi connectivity index (χ0n) is 21.6. The average molecular weight is 533 g/mol. The standard InChI is InChI=1S/C28H31F3N2O5/c1-28(2,3)25(15-34)33-14-20(27(36)37)26(35)19-10-16(4-5-18-21(30)11-17(29)12-22(18)31)23(13-24(19)33)32-6-8-38-9-7-32/h10-14,25,34H,4-9,15H2,1-3H3,(H,36,37)/t25-/m1/s1. The first-order valence-electron chi connectivity index (χ1n) is 12.4. The number of aryl methyl sites for hydroxylation is 1. The number of carbonyl (C=O) groups is 1. The number of aromatic carboxylic acids is 1. The molecule has 0 radical (unpaired) electrons. The molecule has 4 rings (SSSR count). The second-order valence-electron chi connectivity index (χ2n) is 10.6. The fraction of sp³-hybridized carbons (Fsp3) is 0.429. The van der Waals surface area contributed by atoms with Gasteiger partial charge in [0.1, 0.15) is 23.0 Å². The van der Waals surface area contributed by atoms with Crippen molar-refractivity contribution in [1.82, 2.24) is 4.57 Å². The molecule has 2 heterocycles. The number of fused-ring (bicyclic) bond motifs is 1. The van der Waals surface area contributed by atoms with Crippen LogP contribution in [0.4, 0.5) is 18.9 Å². The molecule has 0 bridgehead atoms. The van der Waals surface area contributed by atoms with Gasteiger partial charge in [0, 0.05) is 48.1 Å². The predicted octanol–water partition coefficient (Wildman–Crippen LogP) is 4.32. The van der Waals surface area contributed by atoms with E-state index in [2.05, 4.69) is 0 Å². The second kappa shape index (κ2) is 10.8. The molecule has 7 nitrogen and oxygen atoms in total. The molecule has 0 amide bonds. The number of carboxylic acids is 1. The lowest BCUT2D eigenvalue weighted by Crippen LogP contribution is -2.37. The highest BCUT2D eigenvalue weighted by Crippen LogP contribution is 2.35. The molecule has 1 aliphatic rings. The van der Waals surface area contributed by atoms with Gasteiger partial charge in [-0.3, -0.25) is 4.79 Å². The minimum absolute atomic E-state index is 0.102. The zero-order valence-corrected chi connectivity index (χ0v) is 21.6. The molecule has 2 aromatic carbocycles. The quantitative estimate of drug-likeness (QED) is 0.471. The van der Waals surface area contributed by atoms with Gasteiger partial charge in [-0.05, 0) is 36.0 Å². The Bertz CT molecular complexity index is 1400. The Morgan fingerprint density at radius 3 is 2.24 bits per heavy atom. The summed E-state index contributed by atoms with van der Waals surface area (Å²) in [5.74, 6) is -4.40. The Morgan fingerprint density at radius 1 is 1.05 bits per heavy atom. The summed E-state index contributed by atoms with van der Waals surface area (Å²) in [6.45, 7) is 7.42.